The Morgan fingerprint density at radius 2 is 0.882 bits per heavy atom. The van der Waals surface area contributed by atoms with E-state index in [1.165, 1.54) is 22.6 Å². The lowest BCUT2D eigenvalue weighted by molar-refractivity contribution is 0.716. The standard InChI is InChI=1S/C10H8.C6H10.H3P/c1-2-6-10-8-4-3-7-9(10)5-1;1-2-5(1)6-3-4-6;/h1-8H;5-6H,1-4H2;1H3. The molecule has 0 aromatic heterocycles. The molecule has 0 radical (unpaired) electrons. The van der Waals surface area contributed by atoms with Crippen molar-refractivity contribution in [3.05, 3.63) is 48.5 Å². The van der Waals surface area contributed by atoms with E-state index in [1.807, 2.05) is 0 Å². The van der Waals surface area contributed by atoms with Gasteiger partial charge in [0.15, 0.2) is 0 Å². The molecule has 4 rings (SSSR count). The van der Waals surface area contributed by atoms with Crippen molar-refractivity contribution >= 4 is 20.7 Å². The zero-order chi connectivity index (χ0) is 10.8. The Balaban J connectivity index is 0.000000132. The van der Waals surface area contributed by atoms with E-state index >= 15 is 0 Å². The normalized spacial score (nSPS) is 17.9. The zero-order valence-corrected chi connectivity index (χ0v) is 11.7. The van der Waals surface area contributed by atoms with Gasteiger partial charge >= 0.3 is 0 Å². The first kappa shape index (κ1) is 12.6. The topological polar surface area (TPSA) is 0 Å². The molecule has 17 heavy (non-hydrogen) atoms. The lowest BCUT2D eigenvalue weighted by Gasteiger charge is -1.92. The Labute approximate surface area is 107 Å². The van der Waals surface area contributed by atoms with Crippen LogP contribution in [0.2, 0.25) is 0 Å². The molecule has 0 saturated heterocycles. The van der Waals surface area contributed by atoms with Gasteiger partial charge < -0.3 is 0 Å². The van der Waals surface area contributed by atoms with Gasteiger partial charge in [0.1, 0.15) is 0 Å². The molecule has 90 valence electrons. The average Bonchev–Trinajstić information content (AvgIpc) is 3.20. The van der Waals surface area contributed by atoms with Gasteiger partial charge in [0.05, 0.1) is 0 Å². The van der Waals surface area contributed by atoms with Crippen LogP contribution in [0.25, 0.3) is 10.8 Å². The molecule has 2 aromatic rings. The molecular weight excluding hydrogens is 223 g/mol. The number of rotatable bonds is 1. The summed E-state index contributed by atoms with van der Waals surface area (Å²) < 4.78 is 0. The molecule has 0 nitrogen and oxygen atoms in total. The highest BCUT2D eigenvalue weighted by Crippen LogP contribution is 2.49. The quantitative estimate of drug-likeness (QED) is 0.638. The van der Waals surface area contributed by atoms with Crippen LogP contribution in [0.3, 0.4) is 0 Å². The highest BCUT2D eigenvalue weighted by molar-refractivity contribution is 6.92. The first-order valence-electron chi connectivity index (χ1n) is 6.37. The molecule has 0 aliphatic heterocycles. The predicted octanol–water partition coefficient (Wildman–Crippen LogP) is 4.70. The minimum absolute atomic E-state index is 0. The molecule has 2 aromatic carbocycles. The highest BCUT2D eigenvalue weighted by atomic mass is 31.0. The van der Waals surface area contributed by atoms with Gasteiger partial charge in [-0.3, -0.25) is 0 Å². The van der Waals surface area contributed by atoms with Gasteiger partial charge in [-0.25, -0.2) is 0 Å². The SMILES string of the molecule is C1CC1C1CC1.P.c1ccc2ccccc2c1. The van der Waals surface area contributed by atoms with Crippen LogP contribution in [0.5, 0.6) is 0 Å². The predicted molar refractivity (Wildman–Crippen MR) is 80.5 cm³/mol. The molecule has 2 saturated carbocycles. The van der Waals surface area contributed by atoms with Crippen LogP contribution in [-0.2, 0) is 0 Å². The van der Waals surface area contributed by atoms with E-state index in [0.717, 1.165) is 0 Å². The van der Waals surface area contributed by atoms with E-state index in [0.29, 0.717) is 0 Å². The van der Waals surface area contributed by atoms with E-state index in [-0.39, 0.29) is 9.90 Å². The van der Waals surface area contributed by atoms with Gasteiger partial charge in [-0.15, -0.1) is 0 Å². The molecule has 1 unspecified atom stereocenters. The van der Waals surface area contributed by atoms with Gasteiger partial charge in [0.2, 0.25) is 0 Å². The number of fused-ring (bicyclic) bond motifs is 1. The van der Waals surface area contributed by atoms with Gasteiger partial charge in [0.25, 0.3) is 0 Å². The first-order valence-corrected chi connectivity index (χ1v) is 6.37. The second-order valence-corrected chi connectivity index (χ2v) is 5.02. The van der Waals surface area contributed by atoms with Crippen molar-refractivity contribution in [2.45, 2.75) is 25.7 Å². The summed E-state index contributed by atoms with van der Waals surface area (Å²) in [6.07, 6.45) is 6.24. The van der Waals surface area contributed by atoms with Crippen LogP contribution in [0.15, 0.2) is 48.5 Å². The zero-order valence-electron chi connectivity index (χ0n) is 10.3. The van der Waals surface area contributed by atoms with Crippen LogP contribution in [0.1, 0.15) is 25.7 Å². The summed E-state index contributed by atoms with van der Waals surface area (Å²) in [4.78, 5) is 0. The van der Waals surface area contributed by atoms with E-state index in [4.69, 9.17) is 0 Å². The molecule has 0 heterocycles. The van der Waals surface area contributed by atoms with Crippen molar-refractivity contribution < 1.29 is 0 Å². The van der Waals surface area contributed by atoms with Crippen LogP contribution < -0.4 is 0 Å². The monoisotopic (exact) mass is 244 g/mol. The number of hydrogen-bond donors (Lipinski definition) is 0. The average molecular weight is 244 g/mol. The number of hydrogen-bond acceptors (Lipinski definition) is 0. The van der Waals surface area contributed by atoms with Crippen molar-refractivity contribution in [2.75, 3.05) is 0 Å². The van der Waals surface area contributed by atoms with Crippen molar-refractivity contribution in [1.29, 1.82) is 0 Å². The van der Waals surface area contributed by atoms with E-state index in [1.54, 1.807) is 25.7 Å². The Hall–Kier alpha value is -0.870. The maximum atomic E-state index is 2.12. The third-order valence-corrected chi connectivity index (χ3v) is 3.57. The lowest BCUT2D eigenvalue weighted by Crippen LogP contribution is -1.70. The molecule has 2 fully saturated rings. The third-order valence-electron chi connectivity index (χ3n) is 3.57. The minimum Gasteiger partial charge on any atom is -0.153 e. The Kier molecular flexibility index (Phi) is 4.18. The molecule has 1 heteroatoms. The largest absolute Gasteiger partial charge is 0.153 e. The first-order chi connectivity index (χ1) is 7.93. The fourth-order valence-corrected chi connectivity index (χ4v) is 2.27. The molecule has 0 N–H and O–H groups in total. The maximum Gasteiger partial charge on any atom is -0.0184 e. The molecule has 1 atom stereocenters. The summed E-state index contributed by atoms with van der Waals surface area (Å²) >= 11 is 0. The fourth-order valence-electron chi connectivity index (χ4n) is 2.27. The van der Waals surface area contributed by atoms with Gasteiger partial charge in [-0.1, -0.05) is 48.5 Å². The smallest absolute Gasteiger partial charge is 0.0184 e. The summed E-state index contributed by atoms with van der Waals surface area (Å²) in [7, 11) is 0. The summed E-state index contributed by atoms with van der Waals surface area (Å²) in [5, 5.41) is 2.62. The molecule has 2 aliphatic carbocycles. The van der Waals surface area contributed by atoms with Crippen molar-refractivity contribution in [2.24, 2.45) is 11.8 Å². The molecular formula is C16H21P. The van der Waals surface area contributed by atoms with E-state index < -0.39 is 0 Å². The maximum absolute atomic E-state index is 2.12. The van der Waals surface area contributed by atoms with Gasteiger partial charge in [-0.05, 0) is 48.3 Å². The molecule has 0 spiro atoms. The van der Waals surface area contributed by atoms with Gasteiger partial charge in [-0.2, -0.15) is 9.90 Å². The Morgan fingerprint density at radius 3 is 1.12 bits per heavy atom. The summed E-state index contributed by atoms with van der Waals surface area (Å²) in [5.41, 5.74) is 0. The lowest BCUT2D eigenvalue weighted by atomic mass is 10.1. The Bertz CT molecular complexity index is 394. The summed E-state index contributed by atoms with van der Waals surface area (Å²) in [6.45, 7) is 0. The molecule has 0 bridgehead atoms. The Morgan fingerprint density at radius 1 is 0.588 bits per heavy atom. The summed E-state index contributed by atoms with van der Waals surface area (Å²) in [6, 6.07) is 16.7. The van der Waals surface area contributed by atoms with Gasteiger partial charge in [0, 0.05) is 0 Å². The van der Waals surface area contributed by atoms with Crippen LogP contribution in [0.4, 0.5) is 0 Å². The third kappa shape index (κ3) is 3.54. The van der Waals surface area contributed by atoms with E-state index in [2.05, 4.69) is 48.5 Å². The van der Waals surface area contributed by atoms with Crippen molar-refractivity contribution in [3.8, 4) is 0 Å². The molecule has 2 aliphatic rings. The van der Waals surface area contributed by atoms with Crippen LogP contribution in [-0.4, -0.2) is 0 Å². The minimum atomic E-state index is 0. The van der Waals surface area contributed by atoms with Crippen LogP contribution in [0, 0.1) is 11.8 Å². The number of benzene rings is 2. The second kappa shape index (κ2) is 5.65. The highest BCUT2D eigenvalue weighted by Gasteiger charge is 2.37. The second-order valence-electron chi connectivity index (χ2n) is 5.02. The van der Waals surface area contributed by atoms with Crippen molar-refractivity contribution in [3.63, 3.8) is 0 Å². The van der Waals surface area contributed by atoms with Crippen LogP contribution >= 0.6 is 9.90 Å². The fraction of sp³-hybridized carbons (Fsp3) is 0.375. The van der Waals surface area contributed by atoms with Crippen molar-refractivity contribution in [1.82, 2.24) is 0 Å². The molecule has 0 amide bonds. The summed E-state index contributed by atoms with van der Waals surface area (Å²) in [5.74, 6) is 2.43. The van der Waals surface area contributed by atoms with E-state index in [9.17, 15) is 0 Å².